The van der Waals surface area contributed by atoms with Crippen LogP contribution in [0.3, 0.4) is 0 Å². The molecule has 5 nitrogen and oxygen atoms in total. The SMILES string of the molecule is CN(C(=O)c1cccc(Br)c1)C1COCc2[nH]c(=O)c3cc(F)c(F)cc3c21. The van der Waals surface area contributed by atoms with E-state index in [1.54, 1.807) is 25.2 Å². The zero-order valence-corrected chi connectivity index (χ0v) is 16.3. The number of hydrogen-bond acceptors (Lipinski definition) is 3. The van der Waals surface area contributed by atoms with Gasteiger partial charge in [-0.3, -0.25) is 9.59 Å². The van der Waals surface area contributed by atoms with Gasteiger partial charge in [0.15, 0.2) is 11.6 Å². The number of aromatic amines is 1. The third kappa shape index (κ3) is 3.12. The summed E-state index contributed by atoms with van der Waals surface area (Å²) >= 11 is 3.34. The molecule has 1 unspecified atom stereocenters. The zero-order valence-electron chi connectivity index (χ0n) is 14.8. The molecule has 0 fully saturated rings. The lowest BCUT2D eigenvalue weighted by atomic mass is 9.95. The molecule has 8 heteroatoms. The quantitative estimate of drug-likeness (QED) is 0.646. The fourth-order valence-corrected chi connectivity index (χ4v) is 3.91. The van der Waals surface area contributed by atoms with Crippen molar-refractivity contribution in [1.82, 2.24) is 9.88 Å². The Morgan fingerprint density at radius 3 is 2.64 bits per heavy atom. The van der Waals surface area contributed by atoms with Crippen LogP contribution in [0.15, 0.2) is 45.7 Å². The summed E-state index contributed by atoms with van der Waals surface area (Å²) in [7, 11) is 1.61. The van der Waals surface area contributed by atoms with E-state index < -0.39 is 23.2 Å². The number of ether oxygens (including phenoxy) is 1. The van der Waals surface area contributed by atoms with Gasteiger partial charge in [-0.25, -0.2) is 8.78 Å². The van der Waals surface area contributed by atoms with Crippen molar-refractivity contribution in [2.24, 2.45) is 0 Å². The number of likely N-dealkylation sites (N-methyl/N-ethyl adjacent to an activating group) is 1. The summed E-state index contributed by atoms with van der Waals surface area (Å²) < 4.78 is 33.9. The lowest BCUT2D eigenvalue weighted by molar-refractivity contribution is 0.0335. The molecule has 1 N–H and O–H groups in total. The summed E-state index contributed by atoms with van der Waals surface area (Å²) in [6.07, 6.45) is 0. The molecule has 0 radical (unpaired) electrons. The first-order valence-electron chi connectivity index (χ1n) is 8.51. The Balaban J connectivity index is 1.86. The largest absolute Gasteiger partial charge is 0.373 e. The maximum atomic E-state index is 13.9. The van der Waals surface area contributed by atoms with Crippen molar-refractivity contribution in [1.29, 1.82) is 0 Å². The highest BCUT2D eigenvalue weighted by Crippen LogP contribution is 2.34. The second-order valence-electron chi connectivity index (χ2n) is 6.62. The Bertz CT molecular complexity index is 1160. The number of hydrogen-bond donors (Lipinski definition) is 1. The first kappa shape index (κ1) is 18.8. The minimum Gasteiger partial charge on any atom is -0.373 e. The van der Waals surface area contributed by atoms with Gasteiger partial charge in [-0.2, -0.15) is 0 Å². The van der Waals surface area contributed by atoms with Crippen molar-refractivity contribution in [3.05, 3.63) is 79.7 Å². The van der Waals surface area contributed by atoms with E-state index in [-0.39, 0.29) is 29.9 Å². The Morgan fingerprint density at radius 1 is 1.21 bits per heavy atom. The molecule has 0 saturated heterocycles. The average Bonchev–Trinajstić information content (AvgIpc) is 2.68. The van der Waals surface area contributed by atoms with Gasteiger partial charge in [0, 0.05) is 28.3 Å². The van der Waals surface area contributed by atoms with E-state index >= 15 is 0 Å². The Kier molecular flexibility index (Phi) is 4.76. The van der Waals surface area contributed by atoms with Crippen LogP contribution in [0.1, 0.15) is 27.7 Å². The lowest BCUT2D eigenvalue weighted by Gasteiger charge is -2.34. The highest BCUT2D eigenvalue weighted by Gasteiger charge is 2.31. The number of carbonyl (C=O) groups is 1. The highest BCUT2D eigenvalue weighted by atomic mass is 79.9. The second-order valence-corrected chi connectivity index (χ2v) is 7.53. The van der Waals surface area contributed by atoms with E-state index in [9.17, 15) is 18.4 Å². The van der Waals surface area contributed by atoms with Gasteiger partial charge >= 0.3 is 0 Å². The average molecular weight is 449 g/mol. The molecule has 0 saturated carbocycles. The number of aromatic nitrogens is 1. The van der Waals surface area contributed by atoms with E-state index in [1.807, 2.05) is 6.07 Å². The molecule has 1 amide bonds. The number of H-pyrrole nitrogens is 1. The van der Waals surface area contributed by atoms with Gasteiger partial charge in [-0.05, 0) is 35.7 Å². The first-order valence-corrected chi connectivity index (χ1v) is 9.30. The van der Waals surface area contributed by atoms with Crippen LogP contribution >= 0.6 is 15.9 Å². The number of rotatable bonds is 2. The third-order valence-electron chi connectivity index (χ3n) is 4.90. The molecule has 4 rings (SSSR count). The molecule has 1 aliphatic rings. The normalized spacial score (nSPS) is 16.1. The number of nitrogens with one attached hydrogen (secondary N) is 1. The summed E-state index contributed by atoms with van der Waals surface area (Å²) in [5.41, 5.74) is 0.951. The molecule has 1 aliphatic heterocycles. The maximum Gasteiger partial charge on any atom is 0.256 e. The van der Waals surface area contributed by atoms with Crippen LogP contribution < -0.4 is 5.56 Å². The molecular formula is C20H15BrF2N2O3. The molecule has 2 aromatic carbocycles. The Labute approximate surface area is 167 Å². The van der Waals surface area contributed by atoms with E-state index in [0.29, 0.717) is 16.8 Å². The number of nitrogens with zero attached hydrogens (tertiary/aromatic N) is 1. The van der Waals surface area contributed by atoms with Gasteiger partial charge in [-0.15, -0.1) is 0 Å². The van der Waals surface area contributed by atoms with Crippen molar-refractivity contribution in [3.63, 3.8) is 0 Å². The van der Waals surface area contributed by atoms with Crippen LogP contribution in [-0.2, 0) is 11.3 Å². The molecule has 28 heavy (non-hydrogen) atoms. The standard InChI is InChI=1S/C20H15BrF2N2O3/c1-25(20(27)10-3-2-4-11(21)5-10)17-9-28-8-16-18(17)12-6-14(22)15(23)7-13(12)19(26)24-16/h2-7,17H,8-9H2,1H3,(H,24,26). The fraction of sp³-hybridized carbons (Fsp3) is 0.200. The number of benzene rings is 2. The topological polar surface area (TPSA) is 62.4 Å². The smallest absolute Gasteiger partial charge is 0.256 e. The van der Waals surface area contributed by atoms with Gasteiger partial charge in [0.2, 0.25) is 0 Å². The summed E-state index contributed by atoms with van der Waals surface area (Å²) in [4.78, 5) is 29.4. The van der Waals surface area contributed by atoms with Gasteiger partial charge in [0.1, 0.15) is 0 Å². The second kappa shape index (κ2) is 7.10. The number of amides is 1. The molecule has 1 atom stereocenters. The van der Waals surface area contributed by atoms with Crippen LogP contribution in [-0.4, -0.2) is 29.4 Å². The predicted molar refractivity (Wildman–Crippen MR) is 103 cm³/mol. The molecule has 0 spiro atoms. The molecule has 144 valence electrons. The molecule has 0 bridgehead atoms. The Morgan fingerprint density at radius 2 is 1.93 bits per heavy atom. The zero-order chi connectivity index (χ0) is 20.0. The van der Waals surface area contributed by atoms with Crippen molar-refractivity contribution >= 4 is 32.6 Å². The molecular weight excluding hydrogens is 434 g/mol. The molecule has 0 aliphatic carbocycles. The van der Waals surface area contributed by atoms with E-state index in [1.165, 1.54) is 4.90 Å². The number of carbonyl (C=O) groups excluding carboxylic acids is 1. The van der Waals surface area contributed by atoms with Gasteiger partial charge in [-0.1, -0.05) is 22.0 Å². The summed E-state index contributed by atoms with van der Waals surface area (Å²) in [5, 5.41) is 0.313. The van der Waals surface area contributed by atoms with Crippen LogP contribution in [0.5, 0.6) is 0 Å². The lowest BCUT2D eigenvalue weighted by Crippen LogP contribution is -2.37. The van der Waals surface area contributed by atoms with Gasteiger partial charge in [0.05, 0.1) is 24.6 Å². The van der Waals surface area contributed by atoms with Gasteiger partial charge in [0.25, 0.3) is 11.5 Å². The van der Waals surface area contributed by atoms with Crippen LogP contribution in [0.4, 0.5) is 8.78 Å². The molecule has 1 aromatic heterocycles. The third-order valence-corrected chi connectivity index (χ3v) is 5.39. The van der Waals surface area contributed by atoms with Crippen LogP contribution in [0.2, 0.25) is 0 Å². The summed E-state index contributed by atoms with van der Waals surface area (Å²) in [6, 6.07) is 8.27. The van der Waals surface area contributed by atoms with Crippen LogP contribution in [0.25, 0.3) is 10.8 Å². The molecule has 2 heterocycles. The minimum atomic E-state index is -1.10. The number of pyridine rings is 1. The van der Waals surface area contributed by atoms with Crippen molar-refractivity contribution in [2.75, 3.05) is 13.7 Å². The van der Waals surface area contributed by atoms with Gasteiger partial charge < -0.3 is 14.6 Å². The maximum absolute atomic E-state index is 13.9. The fourth-order valence-electron chi connectivity index (χ4n) is 3.51. The van der Waals surface area contributed by atoms with Crippen molar-refractivity contribution in [2.45, 2.75) is 12.6 Å². The molecule has 3 aromatic rings. The number of fused-ring (bicyclic) bond motifs is 3. The monoisotopic (exact) mass is 448 g/mol. The highest BCUT2D eigenvalue weighted by molar-refractivity contribution is 9.10. The Hall–Kier alpha value is -2.58. The summed E-state index contributed by atoms with van der Waals surface area (Å²) in [6.45, 7) is 0.290. The number of halogens is 3. The minimum absolute atomic E-state index is 0.0351. The predicted octanol–water partition coefficient (Wildman–Crippen LogP) is 3.91. The van der Waals surface area contributed by atoms with E-state index in [2.05, 4.69) is 20.9 Å². The van der Waals surface area contributed by atoms with E-state index in [4.69, 9.17) is 4.74 Å². The van der Waals surface area contributed by atoms with Crippen LogP contribution in [0, 0.1) is 11.6 Å². The van der Waals surface area contributed by atoms with Crippen molar-refractivity contribution in [3.8, 4) is 0 Å². The van der Waals surface area contributed by atoms with E-state index in [0.717, 1.165) is 16.6 Å². The van der Waals surface area contributed by atoms with Crippen molar-refractivity contribution < 1.29 is 18.3 Å². The first-order chi connectivity index (χ1) is 13.4. The summed E-state index contributed by atoms with van der Waals surface area (Å²) in [5.74, 6) is -2.41.